The largest absolute Gasteiger partial charge is 0.368 e. The van der Waals surface area contributed by atoms with Crippen LogP contribution < -0.4 is 10.2 Å². The number of carbonyl (C=O) groups is 3. The Bertz CT molecular complexity index is 624. The van der Waals surface area contributed by atoms with Gasteiger partial charge in [-0.2, -0.15) is 0 Å². The molecule has 7 heteroatoms. The fraction of sp³-hybridized carbons (Fsp3) is 0.438. The second-order valence-electron chi connectivity index (χ2n) is 5.82. The van der Waals surface area contributed by atoms with E-state index in [4.69, 9.17) is 11.6 Å². The summed E-state index contributed by atoms with van der Waals surface area (Å²) >= 11 is 5.49. The second-order valence-corrected chi connectivity index (χ2v) is 6.15. The predicted octanol–water partition coefficient (Wildman–Crippen LogP) is 1.69. The lowest BCUT2D eigenvalue weighted by molar-refractivity contribution is -0.134. The van der Waals surface area contributed by atoms with Crippen LogP contribution in [-0.4, -0.2) is 48.3 Å². The van der Waals surface area contributed by atoms with Gasteiger partial charge in [-0.15, -0.1) is 0 Å². The zero-order valence-corrected chi connectivity index (χ0v) is 13.4. The standard InChI is InChI=1S/C16H18ClN3O3/c17-16(23)20-9-7-19(8-10-20)12-3-1-11(2-4-12)13-5-6-14(21)18-15(13)22/h1-4,13H,5-10H2,(H,18,21,22). The summed E-state index contributed by atoms with van der Waals surface area (Å²) in [6, 6.07) is 7.84. The number of hydrogen-bond donors (Lipinski definition) is 1. The molecular weight excluding hydrogens is 318 g/mol. The molecule has 1 unspecified atom stereocenters. The Balaban J connectivity index is 1.65. The molecule has 2 heterocycles. The third-order valence-corrected chi connectivity index (χ3v) is 4.67. The number of halogens is 1. The zero-order valence-electron chi connectivity index (χ0n) is 12.6. The molecule has 0 aromatic heterocycles. The van der Waals surface area contributed by atoms with Gasteiger partial charge in [0.05, 0.1) is 5.92 Å². The van der Waals surface area contributed by atoms with Gasteiger partial charge in [-0.1, -0.05) is 12.1 Å². The Kier molecular flexibility index (Phi) is 4.52. The number of amides is 3. The molecule has 3 rings (SSSR count). The van der Waals surface area contributed by atoms with E-state index in [1.165, 1.54) is 0 Å². The topological polar surface area (TPSA) is 69.7 Å². The molecule has 1 aromatic rings. The van der Waals surface area contributed by atoms with Crippen LogP contribution in [0.15, 0.2) is 24.3 Å². The molecule has 0 aliphatic carbocycles. The van der Waals surface area contributed by atoms with E-state index in [9.17, 15) is 14.4 Å². The van der Waals surface area contributed by atoms with E-state index in [1.54, 1.807) is 4.90 Å². The summed E-state index contributed by atoms with van der Waals surface area (Å²) in [6.45, 7) is 2.68. The van der Waals surface area contributed by atoms with Crippen molar-refractivity contribution >= 4 is 34.5 Å². The van der Waals surface area contributed by atoms with Gasteiger partial charge in [0.1, 0.15) is 0 Å². The minimum absolute atomic E-state index is 0.199. The van der Waals surface area contributed by atoms with Gasteiger partial charge in [0.15, 0.2) is 0 Å². The van der Waals surface area contributed by atoms with Crippen LogP contribution in [0.3, 0.4) is 0 Å². The molecule has 1 aromatic carbocycles. The number of hydrogen-bond acceptors (Lipinski definition) is 4. The van der Waals surface area contributed by atoms with Gasteiger partial charge in [0, 0.05) is 38.3 Å². The van der Waals surface area contributed by atoms with Crippen molar-refractivity contribution in [3.05, 3.63) is 29.8 Å². The van der Waals surface area contributed by atoms with Crippen LogP contribution in [0.25, 0.3) is 0 Å². The Labute approximate surface area is 139 Å². The van der Waals surface area contributed by atoms with Crippen molar-refractivity contribution in [2.45, 2.75) is 18.8 Å². The predicted molar refractivity (Wildman–Crippen MR) is 86.6 cm³/mol. The number of benzene rings is 1. The van der Waals surface area contributed by atoms with E-state index in [0.717, 1.165) is 24.3 Å². The molecule has 2 aliphatic heterocycles. The van der Waals surface area contributed by atoms with Crippen molar-refractivity contribution in [1.82, 2.24) is 10.2 Å². The first kappa shape index (κ1) is 15.8. The van der Waals surface area contributed by atoms with Crippen LogP contribution in [0.4, 0.5) is 10.5 Å². The van der Waals surface area contributed by atoms with E-state index >= 15 is 0 Å². The van der Waals surface area contributed by atoms with Crippen LogP contribution in [0.2, 0.25) is 0 Å². The highest BCUT2D eigenvalue weighted by atomic mass is 35.5. The van der Waals surface area contributed by atoms with Crippen molar-refractivity contribution in [2.24, 2.45) is 0 Å². The number of carbonyl (C=O) groups excluding carboxylic acids is 3. The summed E-state index contributed by atoms with van der Waals surface area (Å²) in [5, 5.41) is 1.98. The fourth-order valence-electron chi connectivity index (χ4n) is 3.07. The molecule has 6 nitrogen and oxygen atoms in total. The van der Waals surface area contributed by atoms with Gasteiger partial charge in [0.2, 0.25) is 11.8 Å². The molecule has 122 valence electrons. The number of piperidine rings is 1. The lowest BCUT2D eigenvalue weighted by atomic mass is 9.90. The lowest BCUT2D eigenvalue weighted by Gasteiger charge is -2.35. The molecule has 2 fully saturated rings. The molecule has 1 N–H and O–H groups in total. The highest BCUT2D eigenvalue weighted by Crippen LogP contribution is 2.27. The van der Waals surface area contributed by atoms with Crippen LogP contribution in [-0.2, 0) is 9.59 Å². The third-order valence-electron chi connectivity index (χ3n) is 4.43. The highest BCUT2D eigenvalue weighted by Gasteiger charge is 2.28. The molecular formula is C16H18ClN3O3. The number of nitrogens with one attached hydrogen (secondary N) is 1. The lowest BCUT2D eigenvalue weighted by Crippen LogP contribution is -2.47. The zero-order chi connectivity index (χ0) is 16.4. The molecule has 0 spiro atoms. The first-order valence-electron chi connectivity index (χ1n) is 7.67. The molecule has 2 aliphatic rings. The van der Waals surface area contributed by atoms with Crippen molar-refractivity contribution in [1.29, 1.82) is 0 Å². The normalized spacial score (nSPS) is 22.0. The average molecular weight is 336 g/mol. The average Bonchev–Trinajstić information content (AvgIpc) is 2.55. The molecule has 0 radical (unpaired) electrons. The minimum atomic E-state index is -0.405. The van der Waals surface area contributed by atoms with E-state index < -0.39 is 5.37 Å². The number of anilines is 1. The van der Waals surface area contributed by atoms with Crippen molar-refractivity contribution < 1.29 is 14.4 Å². The van der Waals surface area contributed by atoms with Gasteiger partial charge in [-0.05, 0) is 35.7 Å². The van der Waals surface area contributed by atoms with Crippen LogP contribution in [0.5, 0.6) is 0 Å². The maximum atomic E-state index is 11.9. The summed E-state index contributed by atoms with van der Waals surface area (Å²) in [5.74, 6) is -0.676. The molecule has 0 saturated carbocycles. The summed E-state index contributed by atoms with van der Waals surface area (Å²) in [4.78, 5) is 38.0. The van der Waals surface area contributed by atoms with Crippen molar-refractivity contribution in [2.75, 3.05) is 31.1 Å². The summed E-state index contributed by atoms with van der Waals surface area (Å²) in [7, 11) is 0. The summed E-state index contributed by atoms with van der Waals surface area (Å²) < 4.78 is 0. The van der Waals surface area contributed by atoms with Crippen LogP contribution in [0.1, 0.15) is 24.3 Å². The monoisotopic (exact) mass is 335 g/mol. The van der Waals surface area contributed by atoms with Crippen LogP contribution >= 0.6 is 11.6 Å². The van der Waals surface area contributed by atoms with Gasteiger partial charge in [-0.25, -0.2) is 0 Å². The van der Waals surface area contributed by atoms with E-state index in [1.807, 2.05) is 24.3 Å². The fourth-order valence-corrected chi connectivity index (χ4v) is 3.24. The Morgan fingerprint density at radius 2 is 1.74 bits per heavy atom. The van der Waals surface area contributed by atoms with Crippen molar-refractivity contribution in [3.8, 4) is 0 Å². The molecule has 1 atom stereocenters. The van der Waals surface area contributed by atoms with E-state index in [2.05, 4.69) is 10.2 Å². The number of imide groups is 1. The molecule has 23 heavy (non-hydrogen) atoms. The Morgan fingerprint density at radius 3 is 2.30 bits per heavy atom. The van der Waals surface area contributed by atoms with Crippen LogP contribution in [0, 0.1) is 0 Å². The van der Waals surface area contributed by atoms with E-state index in [0.29, 0.717) is 25.9 Å². The number of nitrogens with zero attached hydrogens (tertiary/aromatic N) is 2. The van der Waals surface area contributed by atoms with Gasteiger partial charge in [0.25, 0.3) is 0 Å². The Morgan fingerprint density at radius 1 is 1.09 bits per heavy atom. The summed E-state index contributed by atoms with van der Waals surface area (Å²) in [6.07, 6.45) is 0.938. The smallest absolute Gasteiger partial charge is 0.316 e. The molecule has 3 amide bonds. The Hall–Kier alpha value is -2.08. The van der Waals surface area contributed by atoms with Crippen molar-refractivity contribution in [3.63, 3.8) is 0 Å². The molecule has 0 bridgehead atoms. The SMILES string of the molecule is O=C1CCC(c2ccc(N3CCN(C(=O)Cl)CC3)cc2)C(=O)N1. The first-order valence-corrected chi connectivity index (χ1v) is 8.05. The van der Waals surface area contributed by atoms with Gasteiger partial charge < -0.3 is 9.80 Å². The minimum Gasteiger partial charge on any atom is -0.368 e. The third kappa shape index (κ3) is 3.47. The number of rotatable bonds is 2. The summed E-state index contributed by atoms with van der Waals surface area (Å²) in [5.41, 5.74) is 1.98. The maximum Gasteiger partial charge on any atom is 0.316 e. The highest BCUT2D eigenvalue weighted by molar-refractivity contribution is 6.62. The second kappa shape index (κ2) is 6.58. The quantitative estimate of drug-likeness (QED) is 0.507. The maximum absolute atomic E-state index is 11.9. The molecule has 2 saturated heterocycles. The van der Waals surface area contributed by atoms with Gasteiger partial charge >= 0.3 is 5.37 Å². The number of piperazine rings is 1. The first-order chi connectivity index (χ1) is 11.0. The van der Waals surface area contributed by atoms with Gasteiger partial charge in [-0.3, -0.25) is 19.7 Å². The van der Waals surface area contributed by atoms with E-state index in [-0.39, 0.29) is 17.7 Å².